The molecule has 5 heteroatoms. The number of hydrogen-bond acceptors (Lipinski definition) is 4. The van der Waals surface area contributed by atoms with Crippen LogP contribution < -0.4 is 5.73 Å². The van der Waals surface area contributed by atoms with Gasteiger partial charge in [0.1, 0.15) is 3.57 Å². The molecule has 15 heavy (non-hydrogen) atoms. The molecule has 0 bridgehead atoms. The number of rotatable bonds is 1. The fourth-order valence-electron chi connectivity index (χ4n) is 1.24. The fraction of sp³-hybridized carbons (Fsp3) is 0. The minimum atomic E-state index is -0.0815. The quantitative estimate of drug-likeness (QED) is 0.790. The predicted octanol–water partition coefficient (Wildman–Crippen LogP) is 2.04. The van der Waals surface area contributed by atoms with Crippen LogP contribution in [0, 0.1) is 3.57 Å². The molecule has 0 unspecified atom stereocenters. The molecule has 0 fully saturated rings. The maximum atomic E-state index is 9.50. The smallest absolute Gasteiger partial charge is 0.230 e. The lowest BCUT2D eigenvalue weighted by molar-refractivity contribution is 0.449. The van der Waals surface area contributed by atoms with Gasteiger partial charge < -0.3 is 10.8 Å². The van der Waals surface area contributed by atoms with Crippen molar-refractivity contribution in [3.63, 3.8) is 0 Å². The van der Waals surface area contributed by atoms with Crippen molar-refractivity contribution in [1.82, 2.24) is 9.97 Å². The summed E-state index contributed by atoms with van der Waals surface area (Å²) in [6.45, 7) is 0. The lowest BCUT2D eigenvalue weighted by Gasteiger charge is -2.05. The Balaban J connectivity index is 2.63. The highest BCUT2D eigenvalue weighted by atomic mass is 127. The zero-order valence-electron chi connectivity index (χ0n) is 7.68. The van der Waals surface area contributed by atoms with Gasteiger partial charge in [0, 0.05) is 5.56 Å². The average Bonchev–Trinajstić information content (AvgIpc) is 2.24. The molecular formula is C10H8IN3O. The van der Waals surface area contributed by atoms with E-state index < -0.39 is 0 Å². The van der Waals surface area contributed by atoms with E-state index in [2.05, 4.69) is 9.97 Å². The van der Waals surface area contributed by atoms with Crippen LogP contribution >= 0.6 is 22.6 Å². The van der Waals surface area contributed by atoms with Gasteiger partial charge in [0.05, 0.1) is 5.69 Å². The Labute approximate surface area is 100 Å². The van der Waals surface area contributed by atoms with Crippen molar-refractivity contribution in [3.8, 4) is 17.1 Å². The number of benzene rings is 1. The van der Waals surface area contributed by atoms with Gasteiger partial charge in [-0.3, -0.25) is 0 Å². The van der Waals surface area contributed by atoms with Crippen LogP contribution in [0.4, 0.5) is 5.95 Å². The van der Waals surface area contributed by atoms with Crippen molar-refractivity contribution in [2.45, 2.75) is 0 Å². The van der Waals surface area contributed by atoms with Gasteiger partial charge >= 0.3 is 0 Å². The third-order valence-electron chi connectivity index (χ3n) is 1.90. The van der Waals surface area contributed by atoms with Crippen molar-refractivity contribution < 1.29 is 5.11 Å². The highest BCUT2D eigenvalue weighted by Crippen LogP contribution is 2.28. The van der Waals surface area contributed by atoms with Gasteiger partial charge in [0.25, 0.3) is 0 Å². The molecule has 0 saturated carbocycles. The molecule has 0 aliphatic rings. The molecule has 4 nitrogen and oxygen atoms in total. The van der Waals surface area contributed by atoms with Gasteiger partial charge in [0.2, 0.25) is 11.8 Å². The van der Waals surface area contributed by atoms with E-state index >= 15 is 0 Å². The van der Waals surface area contributed by atoms with Crippen LogP contribution in [0.25, 0.3) is 11.3 Å². The van der Waals surface area contributed by atoms with Crippen molar-refractivity contribution in [2.75, 3.05) is 5.73 Å². The second-order valence-corrected chi connectivity index (χ2v) is 4.01. The summed E-state index contributed by atoms with van der Waals surface area (Å²) in [7, 11) is 0. The largest absolute Gasteiger partial charge is 0.492 e. The number of nitrogens with zero attached hydrogens (tertiary/aromatic N) is 2. The molecule has 0 aliphatic carbocycles. The minimum Gasteiger partial charge on any atom is -0.492 e. The molecule has 0 spiro atoms. The third kappa shape index (κ3) is 2.01. The highest BCUT2D eigenvalue weighted by Gasteiger charge is 2.11. The Hall–Kier alpha value is -1.37. The van der Waals surface area contributed by atoms with Crippen LogP contribution in [-0.2, 0) is 0 Å². The van der Waals surface area contributed by atoms with Gasteiger partial charge in [-0.1, -0.05) is 30.3 Å². The van der Waals surface area contributed by atoms with Crippen molar-refractivity contribution in [2.24, 2.45) is 0 Å². The molecule has 1 aromatic carbocycles. The van der Waals surface area contributed by atoms with E-state index in [9.17, 15) is 5.11 Å². The van der Waals surface area contributed by atoms with E-state index in [4.69, 9.17) is 5.73 Å². The van der Waals surface area contributed by atoms with Gasteiger partial charge in [-0.05, 0) is 22.6 Å². The van der Waals surface area contributed by atoms with Gasteiger partial charge in [0.15, 0.2) is 0 Å². The summed E-state index contributed by atoms with van der Waals surface area (Å²) in [5, 5.41) is 9.50. The number of nitrogens with two attached hydrogens (primary N) is 1. The Morgan fingerprint density at radius 3 is 2.47 bits per heavy atom. The van der Waals surface area contributed by atoms with E-state index in [1.165, 1.54) is 0 Å². The van der Waals surface area contributed by atoms with Crippen LogP contribution in [-0.4, -0.2) is 15.1 Å². The molecule has 76 valence electrons. The third-order valence-corrected chi connectivity index (χ3v) is 2.89. The first-order valence-electron chi connectivity index (χ1n) is 4.26. The van der Waals surface area contributed by atoms with E-state index in [1.807, 2.05) is 52.9 Å². The van der Waals surface area contributed by atoms with Crippen LogP contribution in [0.1, 0.15) is 0 Å². The van der Waals surface area contributed by atoms with Gasteiger partial charge in [-0.15, -0.1) is 0 Å². The fourth-order valence-corrected chi connectivity index (χ4v) is 1.79. The Bertz CT molecular complexity index is 488. The van der Waals surface area contributed by atoms with Crippen LogP contribution in [0.5, 0.6) is 5.88 Å². The lowest BCUT2D eigenvalue weighted by atomic mass is 10.1. The molecule has 0 amide bonds. The number of aromatic hydroxyl groups is 1. The minimum absolute atomic E-state index is 0.0757. The summed E-state index contributed by atoms with van der Waals surface area (Å²) < 4.78 is 0.605. The SMILES string of the molecule is Nc1nc(O)c(I)c(-c2ccccc2)n1. The Morgan fingerprint density at radius 1 is 1.13 bits per heavy atom. The van der Waals surface area contributed by atoms with Crippen LogP contribution in [0.3, 0.4) is 0 Å². The average molecular weight is 313 g/mol. The van der Waals surface area contributed by atoms with Crippen LogP contribution in [0.2, 0.25) is 0 Å². The first-order chi connectivity index (χ1) is 7.18. The molecule has 3 N–H and O–H groups in total. The maximum Gasteiger partial charge on any atom is 0.230 e. The number of anilines is 1. The number of hydrogen-bond donors (Lipinski definition) is 2. The second kappa shape index (κ2) is 4.01. The molecule has 0 aliphatic heterocycles. The molecule has 1 aromatic heterocycles. The molecule has 0 atom stereocenters. The first kappa shape index (κ1) is 10.2. The van der Waals surface area contributed by atoms with Crippen molar-refractivity contribution in [3.05, 3.63) is 33.9 Å². The molecule has 1 heterocycles. The number of aromatic nitrogens is 2. The van der Waals surface area contributed by atoms with E-state index in [0.717, 1.165) is 5.56 Å². The van der Waals surface area contributed by atoms with E-state index in [1.54, 1.807) is 0 Å². The molecule has 0 saturated heterocycles. The summed E-state index contributed by atoms with van der Waals surface area (Å²) in [5.41, 5.74) is 7.04. The van der Waals surface area contributed by atoms with Gasteiger partial charge in [-0.2, -0.15) is 4.98 Å². The number of nitrogen functional groups attached to an aromatic ring is 1. The van der Waals surface area contributed by atoms with E-state index in [0.29, 0.717) is 9.26 Å². The zero-order chi connectivity index (χ0) is 10.8. The Kier molecular flexibility index (Phi) is 2.72. The molecule has 0 radical (unpaired) electrons. The summed E-state index contributed by atoms with van der Waals surface area (Å²) in [4.78, 5) is 7.78. The predicted molar refractivity (Wildman–Crippen MR) is 66.3 cm³/mol. The van der Waals surface area contributed by atoms with Crippen molar-refractivity contribution in [1.29, 1.82) is 0 Å². The highest BCUT2D eigenvalue weighted by molar-refractivity contribution is 14.1. The maximum absolute atomic E-state index is 9.50. The topological polar surface area (TPSA) is 72.0 Å². The van der Waals surface area contributed by atoms with Crippen molar-refractivity contribution >= 4 is 28.5 Å². The lowest BCUT2D eigenvalue weighted by Crippen LogP contribution is -1.99. The summed E-state index contributed by atoms with van der Waals surface area (Å²) in [6, 6.07) is 9.54. The van der Waals surface area contributed by atoms with Gasteiger partial charge in [-0.25, -0.2) is 4.98 Å². The summed E-state index contributed by atoms with van der Waals surface area (Å²) in [6.07, 6.45) is 0. The molecular weight excluding hydrogens is 305 g/mol. The number of halogens is 1. The molecule has 2 aromatic rings. The van der Waals surface area contributed by atoms with E-state index in [-0.39, 0.29) is 11.8 Å². The summed E-state index contributed by atoms with van der Waals surface area (Å²) >= 11 is 1.99. The second-order valence-electron chi connectivity index (χ2n) is 2.93. The van der Waals surface area contributed by atoms with Crippen LogP contribution in [0.15, 0.2) is 30.3 Å². The zero-order valence-corrected chi connectivity index (χ0v) is 9.84. The Morgan fingerprint density at radius 2 is 1.80 bits per heavy atom. The standard InChI is InChI=1S/C10H8IN3O/c11-7-8(6-4-2-1-3-5-6)13-10(12)14-9(7)15/h1-5H,(H3,12,13,14,15). The normalized spacial score (nSPS) is 10.2. The molecule has 2 rings (SSSR count). The first-order valence-corrected chi connectivity index (χ1v) is 5.34. The monoisotopic (exact) mass is 313 g/mol. The summed E-state index contributed by atoms with van der Waals surface area (Å²) in [5.74, 6) is -0.00581.